The van der Waals surface area contributed by atoms with Crippen LogP contribution in [0.25, 0.3) is 0 Å². The number of aryl methyl sites for hydroxylation is 2. The van der Waals surface area contributed by atoms with Crippen molar-refractivity contribution in [1.82, 2.24) is 10.2 Å². The number of urea groups is 1. The third-order valence-corrected chi connectivity index (χ3v) is 6.42. The molecule has 1 saturated heterocycles. The Labute approximate surface area is 190 Å². The molecule has 2 heterocycles. The minimum Gasteiger partial charge on any atom is -0.454 e. The van der Waals surface area contributed by atoms with Gasteiger partial charge in [-0.2, -0.15) is 0 Å². The predicted octanol–water partition coefficient (Wildman–Crippen LogP) is 2.51. The molecule has 9 nitrogen and oxygen atoms in total. The molecule has 0 spiro atoms. The lowest BCUT2D eigenvalue weighted by molar-refractivity contribution is -0.133. The molecule has 0 radical (unpaired) electrons. The van der Waals surface area contributed by atoms with Crippen LogP contribution in [-0.4, -0.2) is 41.9 Å². The van der Waals surface area contributed by atoms with Crippen LogP contribution in [0.1, 0.15) is 47.3 Å². The first kappa shape index (κ1) is 21.0. The van der Waals surface area contributed by atoms with E-state index < -0.39 is 29.9 Å². The van der Waals surface area contributed by atoms with Crippen LogP contribution in [0.2, 0.25) is 0 Å². The van der Waals surface area contributed by atoms with Crippen molar-refractivity contribution in [2.24, 2.45) is 0 Å². The van der Waals surface area contributed by atoms with Gasteiger partial charge < -0.3 is 20.1 Å². The van der Waals surface area contributed by atoms with Gasteiger partial charge in [-0.15, -0.1) is 0 Å². The number of carbonyl (C=O) groups excluding carboxylic acids is 4. The van der Waals surface area contributed by atoms with Crippen LogP contribution in [-0.2, 0) is 28.0 Å². The van der Waals surface area contributed by atoms with Gasteiger partial charge in [0.05, 0.1) is 5.69 Å². The van der Waals surface area contributed by atoms with Crippen LogP contribution in [0, 0.1) is 0 Å². The fourth-order valence-electron chi connectivity index (χ4n) is 4.59. The summed E-state index contributed by atoms with van der Waals surface area (Å²) in [6.45, 7) is 2.55. The number of nitrogens with zero attached hydrogens (tertiary/aromatic N) is 1. The van der Waals surface area contributed by atoms with Gasteiger partial charge in [0.1, 0.15) is 12.1 Å². The number of hydrogen-bond donors (Lipinski definition) is 2. The number of ketones is 1. The molecule has 2 N–H and O–H groups in total. The van der Waals surface area contributed by atoms with Crippen molar-refractivity contribution >= 4 is 29.3 Å². The summed E-state index contributed by atoms with van der Waals surface area (Å²) in [7, 11) is 0. The smallest absolute Gasteiger partial charge is 0.325 e. The highest BCUT2D eigenvalue weighted by molar-refractivity contribution is 6.11. The van der Waals surface area contributed by atoms with Gasteiger partial charge in [-0.25, -0.2) is 4.79 Å². The lowest BCUT2D eigenvalue weighted by Crippen LogP contribution is -2.42. The standard InChI is InChI=1S/C24H23N3O6/c1-13(28)17-9-19-20(33-12-32-19)10-18(17)25-21(29)11-27-22(30)24(2,26-23(27)31)16-7-6-14-4-3-5-15(14)8-16/h6-10H,3-5,11-12H2,1-2H3,(H,25,29)(H,26,31)/t24-/m0/s1. The zero-order valence-corrected chi connectivity index (χ0v) is 18.3. The normalized spacial score (nSPS) is 20.6. The summed E-state index contributed by atoms with van der Waals surface area (Å²) in [6.07, 6.45) is 3.03. The minimum absolute atomic E-state index is 0.0216. The van der Waals surface area contributed by atoms with E-state index in [-0.39, 0.29) is 23.8 Å². The molecule has 0 bridgehead atoms. The number of hydrogen-bond acceptors (Lipinski definition) is 6. The highest BCUT2D eigenvalue weighted by Crippen LogP contribution is 2.37. The second-order valence-electron chi connectivity index (χ2n) is 8.64. The van der Waals surface area contributed by atoms with Crippen LogP contribution >= 0.6 is 0 Å². The Morgan fingerprint density at radius 3 is 2.58 bits per heavy atom. The van der Waals surface area contributed by atoms with Gasteiger partial charge in [0, 0.05) is 11.6 Å². The molecule has 1 aliphatic carbocycles. The maximum absolute atomic E-state index is 13.2. The monoisotopic (exact) mass is 449 g/mol. The third-order valence-electron chi connectivity index (χ3n) is 6.42. The lowest BCUT2D eigenvalue weighted by atomic mass is 9.89. The number of Topliss-reactive ketones (excluding diaryl/α,β-unsaturated/α-hetero) is 1. The molecule has 33 heavy (non-hydrogen) atoms. The first-order chi connectivity index (χ1) is 15.8. The number of fused-ring (bicyclic) bond motifs is 2. The van der Waals surface area contributed by atoms with Crippen molar-refractivity contribution in [3.05, 3.63) is 52.6 Å². The van der Waals surface area contributed by atoms with Gasteiger partial charge in [-0.05, 0) is 55.9 Å². The minimum atomic E-state index is -1.25. The van der Waals surface area contributed by atoms with Crippen LogP contribution < -0.4 is 20.1 Å². The van der Waals surface area contributed by atoms with E-state index in [1.165, 1.54) is 30.2 Å². The zero-order valence-electron chi connectivity index (χ0n) is 18.3. The highest BCUT2D eigenvalue weighted by Gasteiger charge is 2.49. The number of benzene rings is 2. The number of ether oxygens (including phenoxy) is 2. The number of rotatable bonds is 5. The number of carbonyl (C=O) groups is 4. The highest BCUT2D eigenvalue weighted by atomic mass is 16.7. The van der Waals surface area contributed by atoms with Gasteiger partial charge in [-0.1, -0.05) is 18.2 Å². The first-order valence-corrected chi connectivity index (χ1v) is 10.8. The lowest BCUT2D eigenvalue weighted by Gasteiger charge is -2.23. The molecule has 1 atom stereocenters. The van der Waals surface area contributed by atoms with Gasteiger partial charge in [-0.3, -0.25) is 19.3 Å². The molecule has 1 fully saturated rings. The fraction of sp³-hybridized carbons (Fsp3) is 0.333. The summed E-state index contributed by atoms with van der Waals surface area (Å²) < 4.78 is 10.6. The third kappa shape index (κ3) is 3.49. The van der Waals surface area contributed by atoms with Crippen molar-refractivity contribution in [3.8, 4) is 11.5 Å². The molecule has 2 aliphatic heterocycles. The Hall–Kier alpha value is -3.88. The molecule has 0 unspecified atom stereocenters. The van der Waals surface area contributed by atoms with E-state index in [9.17, 15) is 19.2 Å². The first-order valence-electron chi connectivity index (χ1n) is 10.8. The summed E-state index contributed by atoms with van der Waals surface area (Å²) in [5, 5.41) is 5.36. The number of anilines is 1. The van der Waals surface area contributed by atoms with E-state index >= 15 is 0 Å². The van der Waals surface area contributed by atoms with Gasteiger partial charge >= 0.3 is 6.03 Å². The molecule has 170 valence electrons. The van der Waals surface area contributed by atoms with E-state index in [1.807, 2.05) is 18.2 Å². The topological polar surface area (TPSA) is 114 Å². The average molecular weight is 449 g/mol. The van der Waals surface area contributed by atoms with Crippen molar-refractivity contribution in [3.63, 3.8) is 0 Å². The van der Waals surface area contributed by atoms with E-state index in [0.717, 1.165) is 24.2 Å². The quantitative estimate of drug-likeness (QED) is 0.536. The zero-order chi connectivity index (χ0) is 23.3. The fourth-order valence-corrected chi connectivity index (χ4v) is 4.59. The SMILES string of the molecule is CC(=O)c1cc2c(cc1NC(=O)CN1C(=O)N[C@@](C)(c3ccc4c(c3)CCC4)C1=O)OCO2. The summed E-state index contributed by atoms with van der Waals surface area (Å²) in [4.78, 5) is 51.6. The van der Waals surface area contributed by atoms with Gasteiger partial charge in [0.2, 0.25) is 12.7 Å². The van der Waals surface area contributed by atoms with Gasteiger partial charge in [0.15, 0.2) is 17.3 Å². The summed E-state index contributed by atoms with van der Waals surface area (Å²) >= 11 is 0. The molecule has 9 heteroatoms. The maximum atomic E-state index is 13.2. The van der Waals surface area contributed by atoms with Crippen LogP contribution in [0.3, 0.4) is 0 Å². The summed E-state index contributed by atoms with van der Waals surface area (Å²) in [5.74, 6) is -0.578. The molecule has 2 aromatic carbocycles. The molecule has 0 saturated carbocycles. The molecular formula is C24H23N3O6. The Balaban J connectivity index is 1.35. The second kappa shape index (κ2) is 7.61. The van der Waals surface area contributed by atoms with E-state index in [1.54, 1.807) is 6.92 Å². The van der Waals surface area contributed by atoms with Crippen molar-refractivity contribution < 1.29 is 28.7 Å². The van der Waals surface area contributed by atoms with Crippen LogP contribution in [0.4, 0.5) is 10.5 Å². The number of imide groups is 1. The Morgan fingerprint density at radius 1 is 1.09 bits per heavy atom. The Morgan fingerprint density at radius 2 is 1.82 bits per heavy atom. The second-order valence-corrected chi connectivity index (χ2v) is 8.64. The largest absolute Gasteiger partial charge is 0.454 e. The van der Waals surface area contributed by atoms with Crippen molar-refractivity contribution in [1.29, 1.82) is 0 Å². The molecular weight excluding hydrogens is 426 g/mol. The van der Waals surface area contributed by atoms with E-state index in [0.29, 0.717) is 17.1 Å². The Kier molecular flexibility index (Phi) is 4.84. The summed E-state index contributed by atoms with van der Waals surface area (Å²) in [6, 6.07) is 8.18. The maximum Gasteiger partial charge on any atom is 0.325 e. The van der Waals surface area contributed by atoms with Crippen LogP contribution in [0.15, 0.2) is 30.3 Å². The Bertz CT molecular complexity index is 1220. The van der Waals surface area contributed by atoms with Crippen molar-refractivity contribution in [2.45, 2.75) is 38.6 Å². The molecule has 3 aliphatic rings. The van der Waals surface area contributed by atoms with Crippen LogP contribution in [0.5, 0.6) is 11.5 Å². The van der Waals surface area contributed by atoms with E-state index in [4.69, 9.17) is 9.47 Å². The van der Waals surface area contributed by atoms with Gasteiger partial charge in [0.25, 0.3) is 5.91 Å². The molecule has 0 aromatic heterocycles. The van der Waals surface area contributed by atoms with E-state index in [2.05, 4.69) is 10.6 Å². The van der Waals surface area contributed by atoms with Crippen molar-refractivity contribution in [2.75, 3.05) is 18.7 Å². The molecule has 5 rings (SSSR count). The number of nitrogens with one attached hydrogen (secondary N) is 2. The summed E-state index contributed by atoms with van der Waals surface area (Å²) in [5.41, 5.74) is 2.36. The number of amides is 4. The average Bonchev–Trinajstić information content (AvgIpc) is 3.48. The molecule has 2 aromatic rings. The predicted molar refractivity (Wildman–Crippen MR) is 117 cm³/mol. The molecule has 4 amide bonds.